The van der Waals surface area contributed by atoms with Crippen LogP contribution < -0.4 is 5.32 Å². The molecule has 1 N–H and O–H groups in total. The molecule has 0 saturated heterocycles. The Balaban J connectivity index is 2.95. The van der Waals surface area contributed by atoms with E-state index < -0.39 is 5.54 Å². The van der Waals surface area contributed by atoms with Crippen molar-refractivity contribution in [1.29, 1.82) is 5.26 Å². The van der Waals surface area contributed by atoms with Crippen LogP contribution in [0.5, 0.6) is 0 Å². The lowest BCUT2D eigenvalue weighted by Gasteiger charge is -2.31. The Hall–Kier alpha value is -1.49. The summed E-state index contributed by atoms with van der Waals surface area (Å²) in [7, 11) is 0. The highest BCUT2D eigenvalue weighted by atomic mass is 15.0. The minimum Gasteiger partial charge on any atom is -0.367 e. The molecule has 2 nitrogen and oxygen atoms in total. The molecule has 16 heavy (non-hydrogen) atoms. The smallest absolute Gasteiger partial charge is 0.125 e. The highest BCUT2D eigenvalue weighted by Gasteiger charge is 2.30. The summed E-state index contributed by atoms with van der Waals surface area (Å²) in [5.41, 5.74) is 1.72. The molecule has 0 aliphatic carbocycles. The zero-order valence-electron chi connectivity index (χ0n) is 10.5. The molecule has 0 saturated carbocycles. The maximum absolute atomic E-state index is 9.33. The first kappa shape index (κ1) is 12.6. The van der Waals surface area contributed by atoms with Gasteiger partial charge in [-0.1, -0.05) is 38.5 Å². The van der Waals surface area contributed by atoms with Crippen LogP contribution >= 0.6 is 0 Å². The molecule has 0 amide bonds. The number of para-hydroxylation sites is 1. The van der Waals surface area contributed by atoms with Crippen molar-refractivity contribution in [2.45, 2.75) is 39.7 Å². The molecule has 0 aliphatic rings. The lowest BCUT2D eigenvalue weighted by Crippen LogP contribution is -2.39. The number of rotatable bonds is 4. The van der Waals surface area contributed by atoms with Crippen molar-refractivity contribution in [3.8, 4) is 6.07 Å². The van der Waals surface area contributed by atoms with Gasteiger partial charge in [0.2, 0.25) is 0 Å². The molecule has 2 atom stereocenters. The minimum atomic E-state index is -0.499. The summed E-state index contributed by atoms with van der Waals surface area (Å²) in [4.78, 5) is 0. The van der Waals surface area contributed by atoms with Crippen molar-refractivity contribution in [1.82, 2.24) is 0 Å². The van der Waals surface area contributed by atoms with E-state index in [0.29, 0.717) is 5.92 Å². The lowest BCUT2D eigenvalue weighted by molar-refractivity contribution is 0.415. The van der Waals surface area contributed by atoms with E-state index in [9.17, 15) is 5.26 Å². The van der Waals surface area contributed by atoms with Crippen LogP contribution in [-0.4, -0.2) is 5.54 Å². The van der Waals surface area contributed by atoms with Gasteiger partial charge in [0, 0.05) is 5.69 Å². The molecular formula is C14H20N2. The zero-order valence-corrected chi connectivity index (χ0v) is 10.5. The summed E-state index contributed by atoms with van der Waals surface area (Å²) >= 11 is 0. The first-order valence-corrected chi connectivity index (χ1v) is 5.78. The highest BCUT2D eigenvalue weighted by Crippen LogP contribution is 2.26. The van der Waals surface area contributed by atoms with Gasteiger partial charge in [-0.05, 0) is 31.4 Å². The fourth-order valence-corrected chi connectivity index (χ4v) is 1.66. The summed E-state index contributed by atoms with van der Waals surface area (Å²) in [5, 5.41) is 12.7. The fraction of sp³-hybridized carbons (Fsp3) is 0.500. The van der Waals surface area contributed by atoms with Crippen molar-refractivity contribution in [3.63, 3.8) is 0 Å². The molecule has 0 bridgehead atoms. The SMILES string of the molecule is CCC(C)C(C)(C#N)Nc1ccccc1C. The summed E-state index contributed by atoms with van der Waals surface area (Å²) in [6.45, 7) is 8.23. The van der Waals surface area contributed by atoms with Crippen LogP contribution in [-0.2, 0) is 0 Å². The second-order valence-electron chi connectivity index (χ2n) is 4.56. The Morgan fingerprint density at radius 2 is 2.06 bits per heavy atom. The van der Waals surface area contributed by atoms with Crippen LogP contribution in [0.1, 0.15) is 32.8 Å². The largest absolute Gasteiger partial charge is 0.367 e. The number of hydrogen-bond acceptors (Lipinski definition) is 2. The molecule has 0 fully saturated rings. The third-order valence-corrected chi connectivity index (χ3v) is 3.37. The summed E-state index contributed by atoms with van der Waals surface area (Å²) in [5.74, 6) is 0.317. The Kier molecular flexibility index (Phi) is 3.95. The van der Waals surface area contributed by atoms with Gasteiger partial charge >= 0.3 is 0 Å². The second kappa shape index (κ2) is 5.03. The zero-order chi connectivity index (χ0) is 12.2. The van der Waals surface area contributed by atoms with Gasteiger partial charge in [-0.3, -0.25) is 0 Å². The van der Waals surface area contributed by atoms with Crippen LogP contribution in [0.3, 0.4) is 0 Å². The van der Waals surface area contributed by atoms with Gasteiger partial charge in [-0.15, -0.1) is 0 Å². The van der Waals surface area contributed by atoms with E-state index in [2.05, 4.69) is 38.2 Å². The molecule has 86 valence electrons. The number of anilines is 1. The molecule has 2 heteroatoms. The topological polar surface area (TPSA) is 35.8 Å². The maximum atomic E-state index is 9.33. The van der Waals surface area contributed by atoms with E-state index in [4.69, 9.17) is 0 Å². The quantitative estimate of drug-likeness (QED) is 0.832. The molecule has 0 heterocycles. The summed E-state index contributed by atoms with van der Waals surface area (Å²) in [6, 6.07) is 10.5. The summed E-state index contributed by atoms with van der Waals surface area (Å²) in [6.07, 6.45) is 0.989. The van der Waals surface area contributed by atoms with Crippen molar-refractivity contribution >= 4 is 5.69 Å². The first-order chi connectivity index (χ1) is 7.53. The van der Waals surface area contributed by atoms with Crippen LogP contribution in [0.4, 0.5) is 5.69 Å². The molecule has 1 aromatic rings. The van der Waals surface area contributed by atoms with Crippen LogP contribution in [0.15, 0.2) is 24.3 Å². The average molecular weight is 216 g/mol. The van der Waals surface area contributed by atoms with Gasteiger partial charge in [-0.2, -0.15) is 5.26 Å². The number of nitrogens with zero attached hydrogens (tertiary/aromatic N) is 1. The summed E-state index contributed by atoms with van der Waals surface area (Å²) < 4.78 is 0. The first-order valence-electron chi connectivity index (χ1n) is 5.78. The fourth-order valence-electron chi connectivity index (χ4n) is 1.66. The van der Waals surface area contributed by atoms with Gasteiger partial charge < -0.3 is 5.32 Å². The van der Waals surface area contributed by atoms with Crippen molar-refractivity contribution in [2.24, 2.45) is 5.92 Å². The van der Waals surface area contributed by atoms with Gasteiger partial charge in [0.1, 0.15) is 5.54 Å². The van der Waals surface area contributed by atoms with Crippen LogP contribution in [0.25, 0.3) is 0 Å². The standard InChI is InChI=1S/C14H20N2/c1-5-12(3)14(4,10-15)16-13-9-7-6-8-11(13)2/h6-9,12,16H,5H2,1-4H3. The monoisotopic (exact) mass is 216 g/mol. The molecule has 2 unspecified atom stereocenters. The Morgan fingerprint density at radius 3 is 2.56 bits per heavy atom. The van der Waals surface area contributed by atoms with E-state index >= 15 is 0 Å². The van der Waals surface area contributed by atoms with Gasteiger partial charge in [0.15, 0.2) is 0 Å². The van der Waals surface area contributed by atoms with Crippen molar-refractivity contribution in [2.75, 3.05) is 5.32 Å². The number of nitriles is 1. The van der Waals surface area contributed by atoms with Gasteiger partial charge in [0.05, 0.1) is 6.07 Å². The number of nitrogens with one attached hydrogen (secondary N) is 1. The van der Waals surface area contributed by atoms with Gasteiger partial charge in [-0.25, -0.2) is 0 Å². The second-order valence-corrected chi connectivity index (χ2v) is 4.56. The average Bonchev–Trinajstić information content (AvgIpc) is 2.31. The van der Waals surface area contributed by atoms with Crippen molar-refractivity contribution in [3.05, 3.63) is 29.8 Å². The van der Waals surface area contributed by atoms with Crippen molar-refractivity contribution < 1.29 is 0 Å². The predicted octanol–water partition coefficient (Wildman–Crippen LogP) is 3.74. The van der Waals surface area contributed by atoms with Crippen LogP contribution in [0.2, 0.25) is 0 Å². The van der Waals surface area contributed by atoms with E-state index in [1.807, 2.05) is 25.1 Å². The van der Waals surface area contributed by atoms with E-state index in [-0.39, 0.29) is 0 Å². The Bertz CT molecular complexity index is 392. The molecule has 0 aliphatic heterocycles. The molecule has 1 rings (SSSR count). The van der Waals surface area contributed by atoms with Crippen LogP contribution in [0, 0.1) is 24.2 Å². The lowest BCUT2D eigenvalue weighted by atomic mass is 9.86. The van der Waals surface area contributed by atoms with E-state index in [1.165, 1.54) is 5.56 Å². The molecule has 0 spiro atoms. The normalized spacial score (nSPS) is 15.9. The molecule has 1 aromatic carbocycles. The third kappa shape index (κ3) is 2.55. The maximum Gasteiger partial charge on any atom is 0.125 e. The predicted molar refractivity (Wildman–Crippen MR) is 68.3 cm³/mol. The number of hydrogen-bond donors (Lipinski definition) is 1. The number of aryl methyl sites for hydroxylation is 1. The Labute approximate surface area is 98.3 Å². The molecular weight excluding hydrogens is 196 g/mol. The van der Waals surface area contributed by atoms with E-state index in [1.54, 1.807) is 0 Å². The Morgan fingerprint density at radius 1 is 1.44 bits per heavy atom. The minimum absolute atomic E-state index is 0.317. The third-order valence-electron chi connectivity index (χ3n) is 3.37. The van der Waals surface area contributed by atoms with Gasteiger partial charge in [0.25, 0.3) is 0 Å². The number of benzene rings is 1. The molecule has 0 radical (unpaired) electrons. The van der Waals surface area contributed by atoms with E-state index in [0.717, 1.165) is 12.1 Å². The molecule has 0 aromatic heterocycles. The highest BCUT2D eigenvalue weighted by molar-refractivity contribution is 5.53.